The van der Waals surface area contributed by atoms with Crippen LogP contribution in [-0.4, -0.2) is 22.8 Å². The maximum Gasteiger partial charge on any atom is 0.337 e. The molecule has 0 atom stereocenters. The van der Waals surface area contributed by atoms with E-state index in [0.29, 0.717) is 5.69 Å². The van der Waals surface area contributed by atoms with Crippen LogP contribution in [0.4, 0.5) is 5.69 Å². The molecule has 0 saturated carbocycles. The Morgan fingerprint density at radius 3 is 2.67 bits per heavy atom. The van der Waals surface area contributed by atoms with Gasteiger partial charge in [0.15, 0.2) is 0 Å². The smallest absolute Gasteiger partial charge is 0.337 e. The summed E-state index contributed by atoms with van der Waals surface area (Å²) in [4.78, 5) is 14.6. The third-order valence-corrected chi connectivity index (χ3v) is 2.18. The zero-order valence-corrected chi connectivity index (χ0v) is 9.09. The fourth-order valence-corrected chi connectivity index (χ4v) is 1.26. The zero-order chi connectivity index (χ0) is 11.4. The van der Waals surface area contributed by atoms with E-state index in [1.807, 2.05) is 0 Å². The van der Waals surface area contributed by atoms with Crippen molar-refractivity contribution in [1.29, 1.82) is 0 Å². The third-order valence-electron chi connectivity index (χ3n) is 1.59. The molecule has 6 heteroatoms. The molecule has 0 aromatic heterocycles. The number of nitrogens with two attached hydrogens (primary N) is 1. The quantitative estimate of drug-likeness (QED) is 0.488. The number of carboxylic acid groups (broad SMARTS) is 1. The van der Waals surface area contributed by atoms with Gasteiger partial charge < -0.3 is 10.8 Å². The van der Waals surface area contributed by atoms with Crippen LogP contribution in [0.3, 0.4) is 0 Å². The van der Waals surface area contributed by atoms with Gasteiger partial charge in [0.25, 0.3) is 0 Å². The number of benzene rings is 1. The van der Waals surface area contributed by atoms with Crippen molar-refractivity contribution in [3.63, 3.8) is 0 Å². The summed E-state index contributed by atoms with van der Waals surface area (Å²) in [5.41, 5.74) is 5.91. The number of aliphatic imine (C=N–C) groups is 1. The molecule has 1 aromatic rings. The third kappa shape index (κ3) is 3.11. The van der Waals surface area contributed by atoms with Crippen LogP contribution in [0.15, 0.2) is 23.2 Å². The predicted octanol–water partition coefficient (Wildman–Crippen LogP) is 2.27. The largest absolute Gasteiger partial charge is 0.478 e. The van der Waals surface area contributed by atoms with Crippen LogP contribution in [0.1, 0.15) is 10.4 Å². The number of carbonyl (C=O) groups is 1. The van der Waals surface area contributed by atoms with Crippen LogP contribution in [0, 0.1) is 0 Å². The fraction of sp³-hybridized carbons (Fsp3) is 0.111. The van der Waals surface area contributed by atoms with Gasteiger partial charge in [0.2, 0.25) is 0 Å². The number of amidine groups is 1. The van der Waals surface area contributed by atoms with Crippen LogP contribution in [0.5, 0.6) is 0 Å². The lowest BCUT2D eigenvalue weighted by Gasteiger charge is -2.00. The van der Waals surface area contributed by atoms with Crippen LogP contribution in [0.25, 0.3) is 0 Å². The first-order chi connectivity index (χ1) is 7.04. The Labute approximate surface area is 96.3 Å². The van der Waals surface area contributed by atoms with Gasteiger partial charge in [-0.25, -0.2) is 9.79 Å². The maximum absolute atomic E-state index is 10.6. The van der Waals surface area contributed by atoms with Crippen molar-refractivity contribution in [3.05, 3.63) is 28.8 Å². The van der Waals surface area contributed by atoms with Crippen LogP contribution >= 0.6 is 23.2 Å². The Bertz CT molecular complexity index is 419. The van der Waals surface area contributed by atoms with Crippen LogP contribution in [0.2, 0.25) is 5.02 Å². The number of hydrogen-bond acceptors (Lipinski definition) is 2. The molecule has 0 fully saturated rings. The van der Waals surface area contributed by atoms with Crippen LogP contribution in [-0.2, 0) is 0 Å². The fourth-order valence-electron chi connectivity index (χ4n) is 0.943. The number of nitrogens with zero attached hydrogens (tertiary/aromatic N) is 1. The number of halogens is 2. The van der Waals surface area contributed by atoms with Crippen molar-refractivity contribution in [2.45, 2.75) is 0 Å². The first-order valence-corrected chi connectivity index (χ1v) is 4.87. The van der Waals surface area contributed by atoms with Gasteiger partial charge >= 0.3 is 5.97 Å². The average molecular weight is 247 g/mol. The second-order valence-corrected chi connectivity index (χ2v) is 3.38. The number of alkyl halides is 1. The molecule has 0 aliphatic heterocycles. The maximum atomic E-state index is 10.6. The Morgan fingerprint density at radius 2 is 2.20 bits per heavy atom. The summed E-state index contributed by atoms with van der Waals surface area (Å²) in [6.07, 6.45) is 0. The first kappa shape index (κ1) is 11.8. The molecule has 0 amide bonds. The summed E-state index contributed by atoms with van der Waals surface area (Å²) < 4.78 is 0. The number of carboxylic acids is 1. The lowest BCUT2D eigenvalue weighted by Crippen LogP contribution is -2.12. The monoisotopic (exact) mass is 246 g/mol. The van der Waals surface area contributed by atoms with Gasteiger partial charge in [-0.15, -0.1) is 11.6 Å². The summed E-state index contributed by atoms with van der Waals surface area (Å²) in [7, 11) is 0. The highest BCUT2D eigenvalue weighted by atomic mass is 35.5. The van der Waals surface area contributed by atoms with Gasteiger partial charge in [-0.2, -0.15) is 0 Å². The molecule has 0 spiro atoms. The second-order valence-electron chi connectivity index (χ2n) is 2.71. The highest BCUT2D eigenvalue weighted by Gasteiger charge is 2.08. The molecule has 80 valence electrons. The molecule has 15 heavy (non-hydrogen) atoms. The molecule has 0 heterocycles. The predicted molar refractivity (Wildman–Crippen MR) is 60.4 cm³/mol. The number of hydrogen-bond donors (Lipinski definition) is 2. The summed E-state index contributed by atoms with van der Waals surface area (Å²) in [6.45, 7) is 0. The van der Waals surface area contributed by atoms with Crippen molar-refractivity contribution in [2.24, 2.45) is 10.7 Å². The SMILES string of the molecule is NC(CCl)=Nc1ccc(C(=O)O)c(Cl)c1. The molecule has 0 bridgehead atoms. The van der Waals surface area contributed by atoms with Gasteiger partial charge in [-0.05, 0) is 18.2 Å². The van der Waals surface area contributed by atoms with E-state index in [9.17, 15) is 4.79 Å². The second kappa shape index (κ2) is 5.00. The van der Waals surface area contributed by atoms with E-state index < -0.39 is 5.97 Å². The van der Waals surface area contributed by atoms with E-state index >= 15 is 0 Å². The highest BCUT2D eigenvalue weighted by molar-refractivity contribution is 6.33. The van der Waals surface area contributed by atoms with Crippen molar-refractivity contribution in [1.82, 2.24) is 0 Å². The minimum absolute atomic E-state index is 0.0278. The van der Waals surface area contributed by atoms with Gasteiger partial charge in [0.05, 0.1) is 22.2 Å². The Morgan fingerprint density at radius 1 is 1.53 bits per heavy atom. The van der Waals surface area contributed by atoms with E-state index in [-0.39, 0.29) is 22.3 Å². The van der Waals surface area contributed by atoms with E-state index in [2.05, 4.69) is 4.99 Å². The lowest BCUT2D eigenvalue weighted by molar-refractivity contribution is 0.0697. The van der Waals surface area contributed by atoms with E-state index in [4.69, 9.17) is 34.0 Å². The van der Waals surface area contributed by atoms with E-state index in [0.717, 1.165) is 0 Å². The molecule has 0 aliphatic carbocycles. The molecule has 0 saturated heterocycles. The minimum atomic E-state index is -1.08. The molecule has 1 aromatic carbocycles. The number of rotatable bonds is 3. The number of aromatic carboxylic acids is 1. The summed E-state index contributed by atoms with van der Waals surface area (Å²) in [5, 5.41) is 8.84. The van der Waals surface area contributed by atoms with Gasteiger partial charge in [0.1, 0.15) is 5.84 Å². The summed E-state index contributed by atoms with van der Waals surface area (Å²) >= 11 is 11.2. The molecule has 3 N–H and O–H groups in total. The topological polar surface area (TPSA) is 75.7 Å². The van der Waals surface area contributed by atoms with E-state index in [1.165, 1.54) is 18.2 Å². The molecular formula is C9H8Cl2N2O2. The molecular weight excluding hydrogens is 239 g/mol. The van der Waals surface area contributed by atoms with Gasteiger partial charge in [0, 0.05) is 0 Å². The van der Waals surface area contributed by atoms with Crippen molar-refractivity contribution in [2.75, 3.05) is 5.88 Å². The van der Waals surface area contributed by atoms with Crippen molar-refractivity contribution in [3.8, 4) is 0 Å². The highest BCUT2D eigenvalue weighted by Crippen LogP contribution is 2.22. The van der Waals surface area contributed by atoms with Crippen molar-refractivity contribution >= 4 is 40.7 Å². The Kier molecular flexibility index (Phi) is 3.94. The first-order valence-electron chi connectivity index (χ1n) is 3.96. The molecule has 1 rings (SSSR count). The van der Waals surface area contributed by atoms with Crippen LogP contribution < -0.4 is 5.73 Å². The average Bonchev–Trinajstić information content (AvgIpc) is 2.17. The lowest BCUT2D eigenvalue weighted by atomic mass is 10.2. The van der Waals surface area contributed by atoms with E-state index in [1.54, 1.807) is 0 Å². The summed E-state index contributed by atoms with van der Waals surface area (Å²) in [6, 6.07) is 4.30. The van der Waals surface area contributed by atoms with Gasteiger partial charge in [-0.1, -0.05) is 11.6 Å². The standard InChI is InChI=1S/C9H8Cl2N2O2/c10-4-8(12)13-5-1-2-6(9(14)15)7(11)3-5/h1-3H,4H2,(H2,12,13)(H,14,15). The van der Waals surface area contributed by atoms with Gasteiger partial charge in [-0.3, -0.25) is 0 Å². The Balaban J connectivity index is 3.07. The molecule has 0 aliphatic rings. The molecule has 0 radical (unpaired) electrons. The minimum Gasteiger partial charge on any atom is -0.478 e. The Hall–Kier alpha value is -1.26. The molecule has 0 unspecified atom stereocenters. The zero-order valence-electron chi connectivity index (χ0n) is 7.58. The normalized spacial score (nSPS) is 11.5. The van der Waals surface area contributed by atoms with Crippen molar-refractivity contribution < 1.29 is 9.90 Å². The summed E-state index contributed by atoms with van der Waals surface area (Å²) in [5.74, 6) is -0.727. The molecule has 4 nitrogen and oxygen atoms in total.